The highest BCUT2D eigenvalue weighted by atomic mass is 19.1. The summed E-state index contributed by atoms with van der Waals surface area (Å²) >= 11 is 0. The second-order valence-corrected chi connectivity index (χ2v) is 6.06. The Morgan fingerprint density at radius 1 is 1.14 bits per heavy atom. The molecule has 1 aromatic carbocycles. The summed E-state index contributed by atoms with van der Waals surface area (Å²) in [5, 5.41) is 0. The zero-order valence-corrected chi connectivity index (χ0v) is 12.8. The van der Waals surface area contributed by atoms with Crippen molar-refractivity contribution in [1.82, 2.24) is 9.80 Å². The maximum Gasteiger partial charge on any atom is 0.247 e. The summed E-state index contributed by atoms with van der Waals surface area (Å²) in [5.74, 6) is 0.0909. The topological polar surface area (TPSA) is 40.6 Å². The second kappa shape index (κ2) is 6.16. The van der Waals surface area contributed by atoms with Crippen LogP contribution in [0.1, 0.15) is 37.7 Å². The summed E-state index contributed by atoms with van der Waals surface area (Å²) in [6.45, 7) is 3.91. The molecule has 0 N–H and O–H groups in total. The number of halogens is 1. The number of likely N-dealkylation sites (N-methyl/N-ethyl adjacent to an activating group) is 1. The monoisotopic (exact) mass is 304 g/mol. The van der Waals surface area contributed by atoms with Crippen LogP contribution in [0.5, 0.6) is 0 Å². The highest BCUT2D eigenvalue weighted by molar-refractivity contribution is 6.05. The van der Waals surface area contributed by atoms with E-state index in [9.17, 15) is 14.0 Å². The molecule has 1 aromatic rings. The number of amides is 2. The largest absolute Gasteiger partial charge is 0.291 e. The van der Waals surface area contributed by atoms with Gasteiger partial charge in [-0.1, -0.05) is 12.1 Å². The molecule has 2 heterocycles. The highest BCUT2D eigenvalue weighted by Crippen LogP contribution is 2.31. The molecule has 0 spiro atoms. The van der Waals surface area contributed by atoms with Crippen molar-refractivity contribution in [3.8, 4) is 0 Å². The first-order chi connectivity index (χ1) is 10.6. The molecule has 0 aromatic heterocycles. The Kier molecular flexibility index (Phi) is 4.25. The molecule has 0 bridgehead atoms. The van der Waals surface area contributed by atoms with E-state index in [0.717, 1.165) is 31.5 Å². The van der Waals surface area contributed by atoms with E-state index >= 15 is 0 Å². The van der Waals surface area contributed by atoms with Gasteiger partial charge in [0, 0.05) is 6.54 Å². The molecule has 5 heteroatoms. The fraction of sp³-hybridized carbons (Fsp3) is 0.529. The lowest BCUT2D eigenvalue weighted by Crippen LogP contribution is -2.45. The third kappa shape index (κ3) is 2.77. The molecular formula is C17H21FN2O2. The Balaban J connectivity index is 1.61. The van der Waals surface area contributed by atoms with Gasteiger partial charge in [0.1, 0.15) is 5.82 Å². The Bertz CT molecular complexity index is 565. The smallest absolute Gasteiger partial charge is 0.247 e. The molecule has 2 aliphatic rings. The third-order valence-electron chi connectivity index (χ3n) is 4.85. The number of nitrogens with zero attached hydrogens (tertiary/aromatic N) is 2. The van der Waals surface area contributed by atoms with Gasteiger partial charge in [-0.2, -0.15) is 0 Å². The van der Waals surface area contributed by atoms with E-state index in [1.807, 2.05) is 19.1 Å². The molecule has 4 nitrogen and oxygen atoms in total. The van der Waals surface area contributed by atoms with Crippen molar-refractivity contribution in [1.29, 1.82) is 0 Å². The van der Waals surface area contributed by atoms with Crippen molar-refractivity contribution in [2.45, 2.75) is 38.1 Å². The van der Waals surface area contributed by atoms with Gasteiger partial charge in [-0.25, -0.2) is 4.39 Å². The molecule has 1 atom stereocenters. The number of carbonyl (C=O) groups is 2. The molecule has 0 saturated carbocycles. The molecule has 2 fully saturated rings. The summed E-state index contributed by atoms with van der Waals surface area (Å²) in [5.41, 5.74) is 1.16. The second-order valence-electron chi connectivity index (χ2n) is 6.06. The summed E-state index contributed by atoms with van der Waals surface area (Å²) < 4.78 is 13.0. The van der Waals surface area contributed by atoms with Gasteiger partial charge in [0.25, 0.3) is 0 Å². The highest BCUT2D eigenvalue weighted by Gasteiger charge is 2.41. The van der Waals surface area contributed by atoms with Crippen LogP contribution in [0.25, 0.3) is 0 Å². The van der Waals surface area contributed by atoms with Crippen molar-refractivity contribution in [2.75, 3.05) is 19.6 Å². The molecular weight excluding hydrogens is 283 g/mol. The first-order valence-electron chi connectivity index (χ1n) is 7.94. The zero-order valence-electron chi connectivity index (χ0n) is 12.8. The fourth-order valence-electron chi connectivity index (χ4n) is 3.56. The molecule has 22 heavy (non-hydrogen) atoms. The van der Waals surface area contributed by atoms with Crippen LogP contribution in [-0.2, 0) is 9.59 Å². The molecule has 2 amide bonds. The number of carbonyl (C=O) groups excluding carboxylic acids is 2. The number of hydrogen-bond acceptors (Lipinski definition) is 3. The van der Waals surface area contributed by atoms with E-state index in [4.69, 9.17) is 0 Å². The average molecular weight is 304 g/mol. The SMILES string of the molecule is CCN1C(=O)C[C@H](N2CCC(c3ccc(F)cc3)CC2)C1=O. The van der Waals surface area contributed by atoms with Gasteiger partial charge in [0.15, 0.2) is 0 Å². The van der Waals surface area contributed by atoms with E-state index in [1.165, 1.54) is 17.0 Å². The van der Waals surface area contributed by atoms with Crippen molar-refractivity contribution in [3.63, 3.8) is 0 Å². The summed E-state index contributed by atoms with van der Waals surface area (Å²) in [6, 6.07) is 6.42. The molecule has 3 rings (SSSR count). The van der Waals surface area contributed by atoms with Gasteiger partial charge in [-0.15, -0.1) is 0 Å². The fourth-order valence-corrected chi connectivity index (χ4v) is 3.56. The van der Waals surface area contributed by atoms with Crippen LogP contribution in [-0.4, -0.2) is 47.3 Å². The normalized spacial score (nSPS) is 24.3. The lowest BCUT2D eigenvalue weighted by Gasteiger charge is -2.35. The molecule has 2 aliphatic heterocycles. The number of likely N-dealkylation sites (tertiary alicyclic amines) is 2. The van der Waals surface area contributed by atoms with Crippen LogP contribution in [0.4, 0.5) is 4.39 Å². The van der Waals surface area contributed by atoms with Gasteiger partial charge in [-0.3, -0.25) is 19.4 Å². The minimum Gasteiger partial charge on any atom is -0.291 e. The predicted molar refractivity (Wildman–Crippen MR) is 80.7 cm³/mol. The number of piperidine rings is 1. The number of imide groups is 1. The van der Waals surface area contributed by atoms with Crippen molar-refractivity contribution >= 4 is 11.8 Å². The van der Waals surface area contributed by atoms with Crippen LogP contribution < -0.4 is 0 Å². The average Bonchev–Trinajstić information content (AvgIpc) is 2.82. The molecule has 0 aliphatic carbocycles. The van der Waals surface area contributed by atoms with E-state index in [0.29, 0.717) is 18.9 Å². The van der Waals surface area contributed by atoms with Gasteiger partial charge in [0.05, 0.1) is 12.5 Å². The van der Waals surface area contributed by atoms with Crippen LogP contribution in [0, 0.1) is 5.82 Å². The maximum atomic E-state index is 13.0. The quantitative estimate of drug-likeness (QED) is 0.804. The Morgan fingerprint density at radius 2 is 1.77 bits per heavy atom. The summed E-state index contributed by atoms with van der Waals surface area (Å²) in [6.07, 6.45) is 2.19. The lowest BCUT2D eigenvalue weighted by molar-refractivity contribution is -0.139. The van der Waals surface area contributed by atoms with Gasteiger partial charge < -0.3 is 0 Å². The van der Waals surface area contributed by atoms with Crippen molar-refractivity contribution in [3.05, 3.63) is 35.6 Å². The molecule has 2 saturated heterocycles. The molecule has 0 radical (unpaired) electrons. The minimum atomic E-state index is -0.276. The number of benzene rings is 1. The van der Waals surface area contributed by atoms with Gasteiger partial charge in [0.2, 0.25) is 11.8 Å². The standard InChI is InChI=1S/C17H21FN2O2/c1-2-20-16(21)11-15(17(20)22)19-9-7-13(8-10-19)12-3-5-14(18)6-4-12/h3-6,13,15H,2,7-11H2,1H3/t15-/m0/s1. The van der Waals surface area contributed by atoms with Crippen LogP contribution in [0.15, 0.2) is 24.3 Å². The van der Waals surface area contributed by atoms with E-state index < -0.39 is 0 Å². The van der Waals surface area contributed by atoms with Crippen molar-refractivity contribution in [2.24, 2.45) is 0 Å². The van der Waals surface area contributed by atoms with E-state index in [1.54, 1.807) is 0 Å². The van der Waals surface area contributed by atoms with Gasteiger partial charge in [-0.05, 0) is 56.5 Å². The minimum absolute atomic E-state index is 0.0484. The maximum absolute atomic E-state index is 13.0. The zero-order chi connectivity index (χ0) is 15.7. The summed E-state index contributed by atoms with van der Waals surface area (Å²) in [7, 11) is 0. The number of rotatable bonds is 3. The van der Waals surface area contributed by atoms with Crippen LogP contribution >= 0.6 is 0 Å². The van der Waals surface area contributed by atoms with Crippen LogP contribution in [0.3, 0.4) is 0 Å². The van der Waals surface area contributed by atoms with Gasteiger partial charge >= 0.3 is 0 Å². The predicted octanol–water partition coefficient (Wildman–Crippen LogP) is 2.15. The Hall–Kier alpha value is -1.75. The summed E-state index contributed by atoms with van der Waals surface area (Å²) in [4.78, 5) is 27.6. The third-order valence-corrected chi connectivity index (χ3v) is 4.85. The lowest BCUT2D eigenvalue weighted by atomic mass is 9.89. The van der Waals surface area contributed by atoms with E-state index in [-0.39, 0.29) is 23.7 Å². The number of hydrogen-bond donors (Lipinski definition) is 0. The first-order valence-corrected chi connectivity index (χ1v) is 7.94. The molecule has 118 valence electrons. The van der Waals surface area contributed by atoms with Crippen molar-refractivity contribution < 1.29 is 14.0 Å². The Morgan fingerprint density at radius 3 is 2.32 bits per heavy atom. The van der Waals surface area contributed by atoms with Crippen LogP contribution in [0.2, 0.25) is 0 Å². The molecule has 0 unspecified atom stereocenters. The van der Waals surface area contributed by atoms with E-state index in [2.05, 4.69) is 4.90 Å². The Labute approximate surface area is 129 Å². The first kappa shape index (κ1) is 15.2.